The predicted octanol–water partition coefficient (Wildman–Crippen LogP) is 1.72. The number of nitrogens with one attached hydrogen (secondary N) is 1. The van der Waals surface area contributed by atoms with Gasteiger partial charge < -0.3 is 10.5 Å². The highest BCUT2D eigenvalue weighted by atomic mass is 16.5. The number of amidine groups is 1. The summed E-state index contributed by atoms with van der Waals surface area (Å²) in [7, 11) is 0. The molecule has 1 aliphatic carbocycles. The summed E-state index contributed by atoms with van der Waals surface area (Å²) in [6, 6.07) is 8.60. The molecule has 1 aromatic carbocycles. The third-order valence-electron chi connectivity index (χ3n) is 4.22. The van der Waals surface area contributed by atoms with Crippen LogP contribution in [0.1, 0.15) is 30.4 Å². The molecular weight excluding hydrogens is 238 g/mol. The summed E-state index contributed by atoms with van der Waals surface area (Å²) < 4.78 is 5.84. The largest absolute Gasteiger partial charge is 0.384 e. The molecule has 1 saturated heterocycles. The molecule has 19 heavy (non-hydrogen) atoms. The summed E-state index contributed by atoms with van der Waals surface area (Å²) >= 11 is 0. The average molecular weight is 259 g/mol. The van der Waals surface area contributed by atoms with E-state index in [-0.39, 0.29) is 5.84 Å². The van der Waals surface area contributed by atoms with E-state index in [2.05, 4.69) is 11.0 Å². The average Bonchev–Trinajstić information content (AvgIpc) is 2.88. The molecule has 1 heterocycles. The Balaban J connectivity index is 1.73. The summed E-state index contributed by atoms with van der Waals surface area (Å²) in [5.41, 5.74) is 7.60. The van der Waals surface area contributed by atoms with Crippen LogP contribution in [0.5, 0.6) is 0 Å². The molecule has 0 bridgehead atoms. The van der Waals surface area contributed by atoms with Crippen LogP contribution in [0.2, 0.25) is 0 Å². The van der Waals surface area contributed by atoms with Crippen molar-refractivity contribution in [1.29, 1.82) is 5.41 Å². The lowest BCUT2D eigenvalue weighted by Crippen LogP contribution is -2.47. The highest BCUT2D eigenvalue weighted by Gasteiger charge is 2.35. The van der Waals surface area contributed by atoms with E-state index in [9.17, 15) is 0 Å². The Labute approximate surface area is 114 Å². The van der Waals surface area contributed by atoms with Gasteiger partial charge in [-0.1, -0.05) is 18.2 Å². The van der Waals surface area contributed by atoms with Gasteiger partial charge in [-0.25, -0.2) is 0 Å². The smallest absolute Gasteiger partial charge is 0.122 e. The van der Waals surface area contributed by atoms with Crippen molar-refractivity contribution in [1.82, 2.24) is 4.90 Å². The third-order valence-corrected chi connectivity index (χ3v) is 4.22. The quantitative estimate of drug-likeness (QED) is 0.642. The van der Waals surface area contributed by atoms with Crippen molar-refractivity contribution >= 4 is 5.84 Å². The second kappa shape index (κ2) is 5.31. The van der Waals surface area contributed by atoms with E-state index in [0.29, 0.717) is 12.1 Å². The standard InChI is InChI=1S/C15H21N3O/c16-15(17)12-4-1-3-11(9-12)10-18-7-8-19-14-6-2-5-13(14)18/h1,3-4,9,13-14H,2,5-8,10H2,(H3,16,17). The molecule has 2 unspecified atom stereocenters. The Morgan fingerprint density at radius 2 is 2.32 bits per heavy atom. The van der Waals surface area contributed by atoms with Crippen LogP contribution in [0, 0.1) is 5.41 Å². The second-order valence-corrected chi connectivity index (χ2v) is 5.49. The van der Waals surface area contributed by atoms with Crippen molar-refractivity contribution in [2.24, 2.45) is 5.73 Å². The van der Waals surface area contributed by atoms with Crippen LogP contribution in [-0.2, 0) is 11.3 Å². The van der Waals surface area contributed by atoms with E-state index in [0.717, 1.165) is 25.3 Å². The number of nitrogens with zero attached hydrogens (tertiary/aromatic N) is 1. The minimum Gasteiger partial charge on any atom is -0.384 e. The van der Waals surface area contributed by atoms with Crippen molar-refractivity contribution in [2.75, 3.05) is 13.2 Å². The van der Waals surface area contributed by atoms with E-state index >= 15 is 0 Å². The van der Waals surface area contributed by atoms with Crippen molar-refractivity contribution in [3.05, 3.63) is 35.4 Å². The lowest BCUT2D eigenvalue weighted by molar-refractivity contribution is -0.0588. The lowest BCUT2D eigenvalue weighted by Gasteiger charge is -2.37. The van der Waals surface area contributed by atoms with Gasteiger partial charge in [0.2, 0.25) is 0 Å². The summed E-state index contributed by atoms with van der Waals surface area (Å²) in [4.78, 5) is 2.53. The molecule has 1 aliphatic heterocycles. The van der Waals surface area contributed by atoms with Gasteiger partial charge in [-0.2, -0.15) is 0 Å². The molecule has 2 atom stereocenters. The molecule has 0 amide bonds. The van der Waals surface area contributed by atoms with Crippen molar-refractivity contribution in [3.63, 3.8) is 0 Å². The third kappa shape index (κ3) is 2.65. The molecule has 3 N–H and O–H groups in total. The van der Waals surface area contributed by atoms with E-state index in [1.54, 1.807) is 0 Å². The first-order valence-electron chi connectivity index (χ1n) is 7.03. The van der Waals surface area contributed by atoms with Gasteiger partial charge in [0.25, 0.3) is 0 Å². The van der Waals surface area contributed by atoms with Crippen molar-refractivity contribution in [2.45, 2.75) is 38.0 Å². The molecule has 0 aromatic heterocycles. The predicted molar refractivity (Wildman–Crippen MR) is 75.2 cm³/mol. The zero-order chi connectivity index (χ0) is 13.2. The summed E-state index contributed by atoms with van der Waals surface area (Å²) in [6.07, 6.45) is 4.16. The first kappa shape index (κ1) is 12.6. The van der Waals surface area contributed by atoms with Gasteiger partial charge in [-0.3, -0.25) is 10.3 Å². The molecular formula is C15H21N3O. The number of fused-ring (bicyclic) bond motifs is 1. The number of hydrogen-bond acceptors (Lipinski definition) is 3. The molecule has 1 saturated carbocycles. The van der Waals surface area contributed by atoms with Crippen LogP contribution in [0.3, 0.4) is 0 Å². The fourth-order valence-corrected chi connectivity index (χ4v) is 3.27. The molecule has 0 radical (unpaired) electrons. The molecule has 4 heteroatoms. The number of nitrogen functional groups attached to an aromatic ring is 1. The number of hydrogen-bond donors (Lipinski definition) is 2. The number of ether oxygens (including phenoxy) is 1. The Morgan fingerprint density at radius 1 is 1.42 bits per heavy atom. The van der Waals surface area contributed by atoms with Crippen LogP contribution in [0.15, 0.2) is 24.3 Å². The maximum atomic E-state index is 7.51. The minimum atomic E-state index is 0.141. The summed E-state index contributed by atoms with van der Waals surface area (Å²) in [5, 5.41) is 7.51. The minimum absolute atomic E-state index is 0.141. The van der Waals surface area contributed by atoms with E-state index in [4.69, 9.17) is 15.9 Å². The highest BCUT2D eigenvalue weighted by Crippen LogP contribution is 2.30. The van der Waals surface area contributed by atoms with Crippen LogP contribution in [0.25, 0.3) is 0 Å². The molecule has 4 nitrogen and oxygen atoms in total. The van der Waals surface area contributed by atoms with Gasteiger partial charge >= 0.3 is 0 Å². The number of nitrogens with two attached hydrogens (primary N) is 1. The molecule has 3 rings (SSSR count). The van der Waals surface area contributed by atoms with Gasteiger partial charge in [0.05, 0.1) is 12.7 Å². The summed E-state index contributed by atoms with van der Waals surface area (Å²) in [6.45, 7) is 2.78. The fourth-order valence-electron chi connectivity index (χ4n) is 3.27. The maximum absolute atomic E-state index is 7.51. The van der Waals surface area contributed by atoms with Crippen LogP contribution >= 0.6 is 0 Å². The van der Waals surface area contributed by atoms with Crippen molar-refractivity contribution in [3.8, 4) is 0 Å². The zero-order valence-electron chi connectivity index (χ0n) is 11.1. The number of rotatable bonds is 3. The Kier molecular flexibility index (Phi) is 3.53. The normalized spacial score (nSPS) is 27.2. The van der Waals surface area contributed by atoms with Gasteiger partial charge in [-0.15, -0.1) is 0 Å². The molecule has 102 valence electrons. The zero-order valence-corrected chi connectivity index (χ0v) is 11.1. The Morgan fingerprint density at radius 3 is 3.16 bits per heavy atom. The Bertz CT molecular complexity index is 474. The van der Waals surface area contributed by atoms with Crippen LogP contribution in [0.4, 0.5) is 0 Å². The fraction of sp³-hybridized carbons (Fsp3) is 0.533. The first-order chi connectivity index (χ1) is 9.24. The van der Waals surface area contributed by atoms with Gasteiger partial charge in [0, 0.05) is 24.7 Å². The number of benzene rings is 1. The molecule has 0 spiro atoms. The SMILES string of the molecule is N=C(N)c1cccc(CN2CCOC3CCCC32)c1. The monoisotopic (exact) mass is 259 g/mol. The van der Waals surface area contributed by atoms with E-state index < -0.39 is 0 Å². The second-order valence-electron chi connectivity index (χ2n) is 5.49. The molecule has 2 aliphatic rings. The highest BCUT2D eigenvalue weighted by molar-refractivity contribution is 5.95. The maximum Gasteiger partial charge on any atom is 0.122 e. The van der Waals surface area contributed by atoms with Crippen molar-refractivity contribution < 1.29 is 4.74 Å². The van der Waals surface area contributed by atoms with Crippen LogP contribution < -0.4 is 5.73 Å². The Hall–Kier alpha value is -1.39. The number of morpholine rings is 1. The van der Waals surface area contributed by atoms with Gasteiger partial charge in [0.1, 0.15) is 5.84 Å². The van der Waals surface area contributed by atoms with Gasteiger partial charge in [-0.05, 0) is 30.9 Å². The lowest BCUT2D eigenvalue weighted by atomic mass is 10.1. The van der Waals surface area contributed by atoms with Crippen LogP contribution in [-0.4, -0.2) is 36.0 Å². The first-order valence-corrected chi connectivity index (χ1v) is 7.03. The topological polar surface area (TPSA) is 62.3 Å². The molecule has 1 aromatic rings. The van der Waals surface area contributed by atoms with Gasteiger partial charge in [0.15, 0.2) is 0 Å². The van der Waals surface area contributed by atoms with E-state index in [1.165, 1.54) is 24.8 Å². The summed E-state index contributed by atoms with van der Waals surface area (Å²) in [5.74, 6) is 0.141. The van der Waals surface area contributed by atoms with E-state index in [1.807, 2.05) is 18.2 Å². The molecule has 2 fully saturated rings.